The Morgan fingerprint density at radius 1 is 1.69 bits per heavy atom. The molecule has 0 fully saturated rings. The highest BCUT2D eigenvalue weighted by Crippen LogP contribution is 2.20. The summed E-state index contributed by atoms with van der Waals surface area (Å²) < 4.78 is 1.56. The van der Waals surface area contributed by atoms with Crippen molar-refractivity contribution in [2.45, 2.75) is 25.0 Å². The molecule has 0 saturated carbocycles. The van der Waals surface area contributed by atoms with Gasteiger partial charge in [0.15, 0.2) is 5.16 Å². The monoisotopic (exact) mass is 239 g/mol. The second-order valence-electron chi connectivity index (χ2n) is 3.52. The molecule has 0 spiro atoms. The van der Waals surface area contributed by atoms with Gasteiger partial charge in [-0.1, -0.05) is 18.7 Å². The number of aromatic nitrogens is 2. The molecule has 6 heteroatoms. The zero-order valence-corrected chi connectivity index (χ0v) is 9.84. The number of nitrogens with zero attached hydrogens (tertiary/aromatic N) is 2. The van der Waals surface area contributed by atoms with Crippen molar-refractivity contribution in [1.29, 1.82) is 0 Å². The van der Waals surface area contributed by atoms with Crippen molar-refractivity contribution in [3.05, 3.63) is 22.1 Å². The predicted molar refractivity (Wildman–Crippen MR) is 61.8 cm³/mol. The van der Waals surface area contributed by atoms with Gasteiger partial charge in [0.1, 0.15) is 5.56 Å². The van der Waals surface area contributed by atoms with Crippen LogP contribution in [0.15, 0.2) is 16.1 Å². The lowest BCUT2D eigenvalue weighted by Crippen LogP contribution is -2.33. The van der Waals surface area contributed by atoms with Gasteiger partial charge >= 0.3 is 0 Å². The van der Waals surface area contributed by atoms with Crippen LogP contribution in [0, 0.1) is 0 Å². The lowest BCUT2D eigenvalue weighted by atomic mass is 10.3. The minimum absolute atomic E-state index is 0.139. The molecule has 1 N–H and O–H groups in total. The lowest BCUT2D eigenvalue weighted by Gasteiger charge is -2.05. The van der Waals surface area contributed by atoms with Crippen molar-refractivity contribution in [3.8, 4) is 0 Å². The van der Waals surface area contributed by atoms with Gasteiger partial charge in [-0.2, -0.15) is 0 Å². The van der Waals surface area contributed by atoms with Crippen molar-refractivity contribution in [2.24, 2.45) is 0 Å². The molecule has 0 bridgehead atoms. The fourth-order valence-corrected chi connectivity index (χ4v) is 2.42. The van der Waals surface area contributed by atoms with E-state index in [0.717, 1.165) is 12.2 Å². The van der Waals surface area contributed by atoms with Gasteiger partial charge in [0.05, 0.1) is 0 Å². The Kier molecular flexibility index (Phi) is 3.28. The SMILES string of the molecule is CCCNC(=O)c1cnc2n(c1=O)CCS2. The van der Waals surface area contributed by atoms with Crippen LogP contribution in [0.2, 0.25) is 0 Å². The quantitative estimate of drug-likeness (QED) is 0.780. The number of hydrogen-bond donors (Lipinski definition) is 1. The maximum atomic E-state index is 11.9. The first-order valence-corrected chi connectivity index (χ1v) is 6.23. The van der Waals surface area contributed by atoms with Gasteiger partial charge in [0.25, 0.3) is 11.5 Å². The van der Waals surface area contributed by atoms with E-state index in [1.54, 1.807) is 16.3 Å². The molecule has 1 amide bonds. The fraction of sp³-hybridized carbons (Fsp3) is 0.500. The van der Waals surface area contributed by atoms with E-state index >= 15 is 0 Å². The summed E-state index contributed by atoms with van der Waals surface area (Å²) in [6.45, 7) is 3.18. The maximum absolute atomic E-state index is 11.9. The molecule has 0 unspecified atom stereocenters. The second-order valence-corrected chi connectivity index (χ2v) is 4.58. The molecule has 0 saturated heterocycles. The number of rotatable bonds is 3. The van der Waals surface area contributed by atoms with Crippen LogP contribution in [-0.2, 0) is 6.54 Å². The Morgan fingerprint density at radius 2 is 2.50 bits per heavy atom. The highest BCUT2D eigenvalue weighted by Gasteiger charge is 2.19. The number of thioether (sulfide) groups is 1. The Bertz CT molecular complexity index is 470. The first kappa shape index (κ1) is 11.2. The first-order chi connectivity index (χ1) is 7.74. The van der Waals surface area contributed by atoms with E-state index in [0.29, 0.717) is 18.2 Å². The van der Waals surface area contributed by atoms with Crippen molar-refractivity contribution in [2.75, 3.05) is 12.3 Å². The normalized spacial score (nSPS) is 13.6. The number of nitrogens with one attached hydrogen (secondary N) is 1. The Morgan fingerprint density at radius 3 is 3.25 bits per heavy atom. The van der Waals surface area contributed by atoms with Gasteiger partial charge in [-0.3, -0.25) is 14.2 Å². The van der Waals surface area contributed by atoms with Crippen LogP contribution in [0.1, 0.15) is 23.7 Å². The number of amides is 1. The third kappa shape index (κ3) is 1.97. The average molecular weight is 239 g/mol. The summed E-state index contributed by atoms with van der Waals surface area (Å²) in [4.78, 5) is 27.7. The molecule has 0 atom stereocenters. The molecule has 1 aliphatic heterocycles. The third-order valence-electron chi connectivity index (χ3n) is 2.34. The summed E-state index contributed by atoms with van der Waals surface area (Å²) in [6, 6.07) is 0. The highest BCUT2D eigenvalue weighted by molar-refractivity contribution is 7.99. The molecule has 5 nitrogen and oxygen atoms in total. The zero-order valence-electron chi connectivity index (χ0n) is 9.02. The van der Waals surface area contributed by atoms with Crippen LogP contribution in [-0.4, -0.2) is 27.8 Å². The van der Waals surface area contributed by atoms with Crippen LogP contribution in [0.4, 0.5) is 0 Å². The van der Waals surface area contributed by atoms with E-state index in [1.807, 2.05) is 6.92 Å². The molecule has 1 aromatic rings. The molecule has 16 heavy (non-hydrogen) atoms. The van der Waals surface area contributed by atoms with E-state index in [1.165, 1.54) is 6.20 Å². The summed E-state index contributed by atoms with van der Waals surface area (Å²) in [5.74, 6) is 0.522. The standard InChI is InChI=1S/C10H13N3O2S/c1-2-3-11-8(14)7-6-12-10-13(9(7)15)4-5-16-10/h6H,2-5H2,1H3,(H,11,14). The molecule has 1 aromatic heterocycles. The second kappa shape index (κ2) is 4.69. The summed E-state index contributed by atoms with van der Waals surface area (Å²) in [7, 11) is 0. The van der Waals surface area contributed by atoms with Crippen LogP contribution < -0.4 is 10.9 Å². The van der Waals surface area contributed by atoms with Crippen LogP contribution >= 0.6 is 11.8 Å². The topological polar surface area (TPSA) is 64.0 Å². The molecular weight excluding hydrogens is 226 g/mol. The summed E-state index contributed by atoms with van der Waals surface area (Å²) in [6.07, 6.45) is 2.22. The van der Waals surface area contributed by atoms with Gasteiger partial charge in [0, 0.05) is 25.0 Å². The third-order valence-corrected chi connectivity index (χ3v) is 3.31. The van der Waals surface area contributed by atoms with Crippen LogP contribution in [0.3, 0.4) is 0 Å². The summed E-state index contributed by atoms with van der Waals surface area (Å²) >= 11 is 1.54. The van der Waals surface area contributed by atoms with Crippen molar-refractivity contribution in [1.82, 2.24) is 14.9 Å². The van der Waals surface area contributed by atoms with Gasteiger partial charge in [-0.15, -0.1) is 0 Å². The zero-order chi connectivity index (χ0) is 11.5. The first-order valence-electron chi connectivity index (χ1n) is 5.25. The van der Waals surface area contributed by atoms with Gasteiger partial charge in [-0.05, 0) is 6.42 Å². The molecule has 2 rings (SSSR count). The van der Waals surface area contributed by atoms with Crippen LogP contribution in [0.5, 0.6) is 0 Å². The van der Waals surface area contributed by atoms with Gasteiger partial charge < -0.3 is 5.32 Å². The Hall–Kier alpha value is -1.30. The number of hydrogen-bond acceptors (Lipinski definition) is 4. The van der Waals surface area contributed by atoms with E-state index in [4.69, 9.17) is 0 Å². The molecule has 0 aromatic carbocycles. The number of fused-ring (bicyclic) bond motifs is 1. The molecular formula is C10H13N3O2S. The lowest BCUT2D eigenvalue weighted by molar-refractivity contribution is 0.0950. The average Bonchev–Trinajstić information content (AvgIpc) is 2.75. The minimum Gasteiger partial charge on any atom is -0.352 e. The fourth-order valence-electron chi connectivity index (χ4n) is 1.51. The number of carbonyl (C=O) groups is 1. The molecule has 0 aliphatic carbocycles. The van der Waals surface area contributed by atoms with E-state index in [2.05, 4.69) is 10.3 Å². The molecule has 0 radical (unpaired) electrons. The van der Waals surface area contributed by atoms with Gasteiger partial charge in [0.2, 0.25) is 0 Å². The minimum atomic E-state index is -0.327. The number of carbonyl (C=O) groups excluding carboxylic acids is 1. The van der Waals surface area contributed by atoms with Crippen LogP contribution in [0.25, 0.3) is 0 Å². The molecule has 86 valence electrons. The molecule has 1 aliphatic rings. The Labute approximate surface area is 97.3 Å². The van der Waals surface area contributed by atoms with E-state index in [9.17, 15) is 9.59 Å². The van der Waals surface area contributed by atoms with E-state index < -0.39 is 0 Å². The summed E-state index contributed by atoms with van der Waals surface area (Å²) in [5, 5.41) is 3.39. The van der Waals surface area contributed by atoms with Crippen molar-refractivity contribution < 1.29 is 4.79 Å². The van der Waals surface area contributed by atoms with E-state index in [-0.39, 0.29) is 17.0 Å². The van der Waals surface area contributed by atoms with Gasteiger partial charge in [-0.25, -0.2) is 4.98 Å². The largest absolute Gasteiger partial charge is 0.352 e. The predicted octanol–water partition coefficient (Wildman–Crippen LogP) is 0.489. The molecule has 2 heterocycles. The summed E-state index contributed by atoms with van der Waals surface area (Å²) in [5.41, 5.74) is -0.0942. The maximum Gasteiger partial charge on any atom is 0.267 e. The smallest absolute Gasteiger partial charge is 0.267 e. The van der Waals surface area contributed by atoms with Crippen molar-refractivity contribution in [3.63, 3.8) is 0 Å². The van der Waals surface area contributed by atoms with Crippen molar-refractivity contribution >= 4 is 17.7 Å². The highest BCUT2D eigenvalue weighted by atomic mass is 32.2. The Balaban J connectivity index is 2.29.